The van der Waals surface area contributed by atoms with E-state index in [1.54, 1.807) is 0 Å². The van der Waals surface area contributed by atoms with E-state index in [-0.39, 0.29) is 29.4 Å². The monoisotopic (exact) mass is 349 g/mol. The van der Waals surface area contributed by atoms with Crippen LogP contribution in [0.2, 0.25) is 0 Å². The summed E-state index contributed by atoms with van der Waals surface area (Å²) >= 11 is 0. The molecule has 1 aliphatic heterocycles. The van der Waals surface area contributed by atoms with Crippen molar-refractivity contribution in [3.05, 3.63) is 17.5 Å². The number of amides is 3. The Morgan fingerprint density at radius 2 is 2.08 bits per heavy atom. The third kappa shape index (κ3) is 5.21. The van der Waals surface area contributed by atoms with Gasteiger partial charge in [0.1, 0.15) is 0 Å². The van der Waals surface area contributed by atoms with E-state index in [1.807, 2.05) is 50.3 Å². The number of aryl methyl sites for hydroxylation is 2. The standard InChI is InChI=1S/C18H31N5O2/c1-12(10-23-14(3)7-13(2)21-23)9-19-17(25)20-15-8-16(24)22(11-15)18(4,5)6/h7,12,15H,8-11H2,1-6H3,(H2,19,20,25). The number of carbonyl (C=O) groups is 2. The molecule has 2 N–H and O–H groups in total. The third-order valence-corrected chi connectivity index (χ3v) is 4.47. The normalized spacial score (nSPS) is 19.2. The van der Waals surface area contributed by atoms with Gasteiger partial charge in [-0.1, -0.05) is 6.92 Å². The molecule has 140 valence electrons. The number of urea groups is 1. The van der Waals surface area contributed by atoms with E-state index >= 15 is 0 Å². The summed E-state index contributed by atoms with van der Waals surface area (Å²) in [5, 5.41) is 10.3. The second kappa shape index (κ2) is 7.45. The summed E-state index contributed by atoms with van der Waals surface area (Å²) in [6.07, 6.45) is 0.367. The van der Waals surface area contributed by atoms with Crippen molar-refractivity contribution in [3.8, 4) is 0 Å². The minimum Gasteiger partial charge on any atom is -0.338 e. The molecule has 1 aromatic rings. The van der Waals surface area contributed by atoms with Gasteiger partial charge in [-0.05, 0) is 46.6 Å². The molecule has 2 atom stereocenters. The topological polar surface area (TPSA) is 79.3 Å². The fourth-order valence-electron chi connectivity index (χ4n) is 3.18. The highest BCUT2D eigenvalue weighted by Crippen LogP contribution is 2.21. The molecular weight excluding hydrogens is 318 g/mol. The van der Waals surface area contributed by atoms with E-state index in [0.717, 1.165) is 17.9 Å². The zero-order valence-electron chi connectivity index (χ0n) is 16.2. The van der Waals surface area contributed by atoms with Gasteiger partial charge in [0.25, 0.3) is 0 Å². The number of rotatable bonds is 5. The second-order valence-corrected chi connectivity index (χ2v) is 8.14. The van der Waals surface area contributed by atoms with E-state index in [9.17, 15) is 9.59 Å². The first kappa shape index (κ1) is 19.3. The van der Waals surface area contributed by atoms with Crippen molar-refractivity contribution < 1.29 is 9.59 Å². The summed E-state index contributed by atoms with van der Waals surface area (Å²) in [6, 6.07) is 1.71. The Labute approximate surface area is 150 Å². The number of nitrogens with one attached hydrogen (secondary N) is 2. The van der Waals surface area contributed by atoms with Crippen molar-refractivity contribution >= 4 is 11.9 Å². The predicted molar refractivity (Wildman–Crippen MR) is 97.3 cm³/mol. The van der Waals surface area contributed by atoms with Crippen molar-refractivity contribution in [3.63, 3.8) is 0 Å². The molecule has 0 radical (unpaired) electrons. The van der Waals surface area contributed by atoms with E-state index in [2.05, 4.69) is 22.7 Å². The Bertz CT molecular complexity index is 632. The highest BCUT2D eigenvalue weighted by molar-refractivity contribution is 5.82. The van der Waals surface area contributed by atoms with Gasteiger partial charge in [0.05, 0.1) is 11.7 Å². The molecule has 2 rings (SSSR count). The molecule has 1 saturated heterocycles. The number of hydrogen-bond donors (Lipinski definition) is 2. The highest BCUT2D eigenvalue weighted by Gasteiger charge is 2.36. The zero-order chi connectivity index (χ0) is 18.8. The fourth-order valence-corrected chi connectivity index (χ4v) is 3.18. The van der Waals surface area contributed by atoms with Crippen LogP contribution in [-0.4, -0.2) is 51.3 Å². The largest absolute Gasteiger partial charge is 0.338 e. The van der Waals surface area contributed by atoms with Gasteiger partial charge in [0, 0.05) is 37.3 Å². The van der Waals surface area contributed by atoms with Crippen molar-refractivity contribution in [2.75, 3.05) is 13.1 Å². The van der Waals surface area contributed by atoms with Gasteiger partial charge < -0.3 is 15.5 Å². The average molecular weight is 349 g/mol. The number of hydrogen-bond acceptors (Lipinski definition) is 3. The second-order valence-electron chi connectivity index (χ2n) is 8.14. The van der Waals surface area contributed by atoms with Crippen LogP contribution in [0.1, 0.15) is 45.5 Å². The first-order chi connectivity index (χ1) is 11.6. The maximum Gasteiger partial charge on any atom is 0.315 e. The molecule has 1 fully saturated rings. The summed E-state index contributed by atoms with van der Waals surface area (Å²) in [7, 11) is 0. The van der Waals surface area contributed by atoms with E-state index in [1.165, 1.54) is 0 Å². The molecule has 7 nitrogen and oxygen atoms in total. The van der Waals surface area contributed by atoms with Crippen LogP contribution >= 0.6 is 0 Å². The fraction of sp³-hybridized carbons (Fsp3) is 0.722. The Morgan fingerprint density at radius 3 is 2.60 bits per heavy atom. The van der Waals surface area contributed by atoms with Crippen molar-refractivity contribution in [1.82, 2.24) is 25.3 Å². The predicted octanol–water partition coefficient (Wildman–Crippen LogP) is 1.83. The number of likely N-dealkylation sites (tertiary alicyclic amines) is 1. The molecule has 0 aromatic carbocycles. The van der Waals surface area contributed by atoms with Crippen LogP contribution in [0.3, 0.4) is 0 Å². The number of nitrogens with zero attached hydrogens (tertiary/aromatic N) is 3. The Morgan fingerprint density at radius 1 is 1.40 bits per heavy atom. The molecule has 0 spiro atoms. The zero-order valence-corrected chi connectivity index (χ0v) is 16.2. The van der Waals surface area contributed by atoms with Crippen LogP contribution in [0.4, 0.5) is 4.79 Å². The van der Waals surface area contributed by atoms with Gasteiger partial charge in [-0.3, -0.25) is 9.48 Å². The Kier molecular flexibility index (Phi) is 5.75. The molecular formula is C18H31N5O2. The minimum atomic E-state index is -0.214. The average Bonchev–Trinajstić information content (AvgIpc) is 2.99. The van der Waals surface area contributed by atoms with Crippen LogP contribution < -0.4 is 10.6 Å². The van der Waals surface area contributed by atoms with E-state index in [0.29, 0.717) is 19.5 Å². The summed E-state index contributed by atoms with van der Waals surface area (Å²) in [4.78, 5) is 26.0. The summed E-state index contributed by atoms with van der Waals surface area (Å²) < 4.78 is 1.97. The molecule has 2 heterocycles. The molecule has 0 saturated carbocycles. The smallest absolute Gasteiger partial charge is 0.315 e. The lowest BCUT2D eigenvalue weighted by molar-refractivity contribution is -0.131. The molecule has 0 bridgehead atoms. The molecule has 0 aliphatic carbocycles. The van der Waals surface area contributed by atoms with Crippen LogP contribution in [-0.2, 0) is 11.3 Å². The third-order valence-electron chi connectivity index (χ3n) is 4.47. The first-order valence-electron chi connectivity index (χ1n) is 8.92. The Balaban J connectivity index is 1.75. The minimum absolute atomic E-state index is 0.0932. The van der Waals surface area contributed by atoms with Crippen LogP contribution in [0.25, 0.3) is 0 Å². The molecule has 7 heteroatoms. The van der Waals surface area contributed by atoms with Gasteiger partial charge in [-0.25, -0.2) is 4.79 Å². The quantitative estimate of drug-likeness (QED) is 0.851. The Hall–Kier alpha value is -2.05. The summed E-state index contributed by atoms with van der Waals surface area (Å²) in [5.41, 5.74) is 1.92. The van der Waals surface area contributed by atoms with Crippen LogP contribution in [0, 0.1) is 19.8 Å². The van der Waals surface area contributed by atoms with Gasteiger partial charge in [0.15, 0.2) is 0 Å². The van der Waals surface area contributed by atoms with Crippen molar-refractivity contribution in [2.45, 2.75) is 66.1 Å². The van der Waals surface area contributed by atoms with Gasteiger partial charge >= 0.3 is 6.03 Å². The van der Waals surface area contributed by atoms with Crippen LogP contribution in [0.15, 0.2) is 6.07 Å². The highest BCUT2D eigenvalue weighted by atomic mass is 16.2. The SMILES string of the molecule is Cc1cc(C)n(CC(C)CNC(=O)NC2CC(=O)N(C(C)(C)C)C2)n1. The maximum atomic E-state index is 12.1. The van der Waals surface area contributed by atoms with Gasteiger partial charge in [0.2, 0.25) is 5.91 Å². The lowest BCUT2D eigenvalue weighted by Crippen LogP contribution is -2.47. The molecule has 2 unspecified atom stereocenters. The van der Waals surface area contributed by atoms with E-state index < -0.39 is 0 Å². The van der Waals surface area contributed by atoms with Gasteiger partial charge in [-0.15, -0.1) is 0 Å². The molecule has 1 aliphatic rings. The van der Waals surface area contributed by atoms with Crippen LogP contribution in [0.5, 0.6) is 0 Å². The lowest BCUT2D eigenvalue weighted by atomic mass is 10.1. The molecule has 25 heavy (non-hydrogen) atoms. The first-order valence-corrected chi connectivity index (χ1v) is 8.92. The molecule has 1 aromatic heterocycles. The summed E-state index contributed by atoms with van der Waals surface area (Å²) in [6.45, 7) is 14.0. The lowest BCUT2D eigenvalue weighted by Gasteiger charge is -2.32. The maximum absolute atomic E-state index is 12.1. The van der Waals surface area contributed by atoms with Crippen molar-refractivity contribution in [2.24, 2.45) is 5.92 Å². The number of aromatic nitrogens is 2. The van der Waals surface area contributed by atoms with Crippen molar-refractivity contribution in [1.29, 1.82) is 0 Å². The van der Waals surface area contributed by atoms with E-state index in [4.69, 9.17) is 0 Å². The summed E-state index contributed by atoms with van der Waals surface area (Å²) in [5.74, 6) is 0.357. The number of carbonyl (C=O) groups excluding carboxylic acids is 2. The van der Waals surface area contributed by atoms with Gasteiger partial charge in [-0.2, -0.15) is 5.10 Å². The molecule has 3 amide bonds.